The topological polar surface area (TPSA) is 70.1 Å². The molecule has 0 saturated carbocycles. The van der Waals surface area contributed by atoms with E-state index in [-0.39, 0.29) is 6.54 Å². The van der Waals surface area contributed by atoms with Crippen molar-refractivity contribution in [3.63, 3.8) is 0 Å². The zero-order valence-electron chi connectivity index (χ0n) is 4.59. The van der Waals surface area contributed by atoms with Gasteiger partial charge in [-0.3, -0.25) is 0 Å². The zero-order valence-corrected chi connectivity index (χ0v) is 4.59. The number of hydrogen-bond acceptors (Lipinski definition) is 2. The summed E-state index contributed by atoms with van der Waals surface area (Å²) in [5.74, 6) is 0. The highest BCUT2D eigenvalue weighted by Crippen LogP contribution is 1.75. The molecule has 0 radical (unpaired) electrons. The third-order valence-corrected chi connectivity index (χ3v) is 0.684. The number of rotatable bonds is 1. The van der Waals surface area contributed by atoms with Crippen LogP contribution in [0.1, 0.15) is 0 Å². The minimum absolute atomic E-state index is 0.0509. The average molecular weight is 113 g/mol. The van der Waals surface area contributed by atoms with Gasteiger partial charge in [-0.05, 0) is 0 Å². The van der Waals surface area contributed by atoms with Crippen LogP contribution >= 0.6 is 0 Å². The molecule has 0 aliphatic carbocycles. The second kappa shape index (κ2) is 2.86. The van der Waals surface area contributed by atoms with Crippen molar-refractivity contribution in [3.8, 4) is 6.07 Å². The highest BCUT2D eigenvalue weighted by Gasteiger charge is 1.98. The van der Waals surface area contributed by atoms with E-state index in [0.29, 0.717) is 0 Å². The van der Waals surface area contributed by atoms with Crippen LogP contribution in [0.5, 0.6) is 0 Å². The molecule has 0 aromatic rings. The number of carbonyl (C=O) groups excluding carboxylic acids is 1. The lowest BCUT2D eigenvalue weighted by Crippen LogP contribution is -2.32. The van der Waals surface area contributed by atoms with Gasteiger partial charge in [0.1, 0.15) is 6.54 Å². The third-order valence-electron chi connectivity index (χ3n) is 0.684. The van der Waals surface area contributed by atoms with Crippen molar-refractivity contribution in [2.24, 2.45) is 5.73 Å². The van der Waals surface area contributed by atoms with E-state index in [1.165, 1.54) is 7.05 Å². The molecule has 0 fully saturated rings. The molecule has 2 N–H and O–H groups in total. The summed E-state index contributed by atoms with van der Waals surface area (Å²) in [6, 6.07) is 1.20. The van der Waals surface area contributed by atoms with E-state index in [2.05, 4.69) is 0 Å². The van der Waals surface area contributed by atoms with E-state index in [4.69, 9.17) is 11.0 Å². The van der Waals surface area contributed by atoms with E-state index in [9.17, 15) is 4.79 Å². The molecule has 0 spiro atoms. The van der Waals surface area contributed by atoms with Gasteiger partial charge in [-0.15, -0.1) is 0 Å². The predicted molar refractivity (Wildman–Crippen MR) is 27.8 cm³/mol. The normalized spacial score (nSPS) is 7.50. The first-order chi connectivity index (χ1) is 3.68. The summed E-state index contributed by atoms with van der Waals surface area (Å²) in [7, 11) is 1.46. The Morgan fingerprint density at radius 3 is 2.62 bits per heavy atom. The molecule has 0 unspecified atom stereocenters. The summed E-state index contributed by atoms with van der Waals surface area (Å²) in [5.41, 5.74) is 4.76. The Morgan fingerprint density at radius 1 is 2.00 bits per heavy atom. The van der Waals surface area contributed by atoms with Crippen molar-refractivity contribution in [3.05, 3.63) is 0 Å². The maximum Gasteiger partial charge on any atom is 0.315 e. The number of nitrogens with zero attached hydrogens (tertiary/aromatic N) is 2. The molecular formula is C4H7N3O. The Bertz CT molecular complexity index is 126. The SMILES string of the molecule is CN(CC#N)C(N)=O. The molecule has 0 aromatic heterocycles. The van der Waals surface area contributed by atoms with Crippen molar-refractivity contribution < 1.29 is 4.79 Å². The van der Waals surface area contributed by atoms with Crippen LogP contribution in [0.15, 0.2) is 0 Å². The van der Waals surface area contributed by atoms with Crippen LogP contribution in [0.4, 0.5) is 4.79 Å². The van der Waals surface area contributed by atoms with Gasteiger partial charge < -0.3 is 10.6 Å². The van der Waals surface area contributed by atoms with Crippen LogP contribution in [0.2, 0.25) is 0 Å². The van der Waals surface area contributed by atoms with Crippen LogP contribution < -0.4 is 5.73 Å². The predicted octanol–water partition coefficient (Wildman–Crippen LogP) is -0.480. The molecule has 0 aromatic carbocycles. The van der Waals surface area contributed by atoms with Crippen molar-refractivity contribution in [1.29, 1.82) is 5.26 Å². The quantitative estimate of drug-likeness (QED) is 0.466. The zero-order chi connectivity index (χ0) is 6.57. The van der Waals surface area contributed by atoms with Crippen molar-refractivity contribution >= 4 is 6.03 Å². The number of primary amides is 1. The maximum atomic E-state index is 10.1. The highest BCUT2D eigenvalue weighted by molar-refractivity contribution is 5.71. The summed E-state index contributed by atoms with van der Waals surface area (Å²) in [5, 5.41) is 7.99. The Balaban J connectivity index is 3.52. The average Bonchev–Trinajstić information content (AvgIpc) is 1.67. The Morgan fingerprint density at radius 2 is 2.50 bits per heavy atom. The molecule has 2 amide bonds. The van der Waals surface area contributed by atoms with Crippen molar-refractivity contribution in [2.45, 2.75) is 0 Å². The largest absolute Gasteiger partial charge is 0.351 e. The lowest BCUT2D eigenvalue weighted by atomic mass is 10.6. The Kier molecular flexibility index (Phi) is 2.41. The van der Waals surface area contributed by atoms with Gasteiger partial charge in [-0.2, -0.15) is 5.26 Å². The monoisotopic (exact) mass is 113 g/mol. The molecular weight excluding hydrogens is 106 g/mol. The first-order valence-corrected chi connectivity index (χ1v) is 2.06. The lowest BCUT2D eigenvalue weighted by Gasteiger charge is -2.06. The fourth-order valence-corrected chi connectivity index (χ4v) is 0.184. The first kappa shape index (κ1) is 6.76. The van der Waals surface area contributed by atoms with Gasteiger partial charge in [0.25, 0.3) is 0 Å². The second-order valence-electron chi connectivity index (χ2n) is 1.35. The molecule has 0 heterocycles. The molecule has 0 saturated heterocycles. The van der Waals surface area contributed by atoms with Gasteiger partial charge in [-0.1, -0.05) is 0 Å². The Labute approximate surface area is 47.5 Å². The summed E-state index contributed by atoms with van der Waals surface area (Å²) in [6.45, 7) is 0.0509. The summed E-state index contributed by atoms with van der Waals surface area (Å²) in [4.78, 5) is 11.2. The van der Waals surface area contributed by atoms with Gasteiger partial charge in [0.2, 0.25) is 0 Å². The number of nitrogens with two attached hydrogens (primary N) is 1. The molecule has 0 atom stereocenters. The Hall–Kier alpha value is -1.24. The molecule has 0 aliphatic rings. The highest BCUT2D eigenvalue weighted by atomic mass is 16.2. The number of amides is 2. The molecule has 8 heavy (non-hydrogen) atoms. The number of hydrogen-bond donors (Lipinski definition) is 1. The fourth-order valence-electron chi connectivity index (χ4n) is 0.184. The summed E-state index contributed by atoms with van der Waals surface area (Å²) >= 11 is 0. The molecule has 0 aliphatic heterocycles. The van der Waals surface area contributed by atoms with Gasteiger partial charge in [0.15, 0.2) is 0 Å². The van der Waals surface area contributed by atoms with Crippen LogP contribution in [-0.4, -0.2) is 24.5 Å². The van der Waals surface area contributed by atoms with Crippen LogP contribution in [0.3, 0.4) is 0 Å². The van der Waals surface area contributed by atoms with E-state index in [1.54, 1.807) is 6.07 Å². The van der Waals surface area contributed by atoms with E-state index >= 15 is 0 Å². The van der Waals surface area contributed by atoms with E-state index in [0.717, 1.165) is 4.90 Å². The summed E-state index contributed by atoms with van der Waals surface area (Å²) in [6.07, 6.45) is 0. The van der Waals surface area contributed by atoms with Gasteiger partial charge >= 0.3 is 6.03 Å². The van der Waals surface area contributed by atoms with Gasteiger partial charge in [-0.25, -0.2) is 4.79 Å². The van der Waals surface area contributed by atoms with Gasteiger partial charge in [0.05, 0.1) is 6.07 Å². The number of urea groups is 1. The minimum Gasteiger partial charge on any atom is -0.351 e. The molecule has 0 bridgehead atoms. The van der Waals surface area contributed by atoms with Crippen LogP contribution in [0.25, 0.3) is 0 Å². The third kappa shape index (κ3) is 2.03. The second-order valence-corrected chi connectivity index (χ2v) is 1.35. The number of carbonyl (C=O) groups is 1. The van der Waals surface area contributed by atoms with Crippen molar-refractivity contribution in [2.75, 3.05) is 13.6 Å². The molecule has 4 nitrogen and oxygen atoms in total. The van der Waals surface area contributed by atoms with Gasteiger partial charge in [0, 0.05) is 7.05 Å². The summed E-state index contributed by atoms with van der Waals surface area (Å²) < 4.78 is 0. The van der Waals surface area contributed by atoms with Crippen molar-refractivity contribution in [1.82, 2.24) is 4.90 Å². The van der Waals surface area contributed by atoms with E-state index < -0.39 is 6.03 Å². The molecule has 44 valence electrons. The van der Waals surface area contributed by atoms with Crippen LogP contribution in [-0.2, 0) is 0 Å². The maximum absolute atomic E-state index is 10.1. The minimum atomic E-state index is -0.577. The first-order valence-electron chi connectivity index (χ1n) is 2.06. The molecule has 0 rings (SSSR count). The smallest absolute Gasteiger partial charge is 0.315 e. The van der Waals surface area contributed by atoms with E-state index in [1.807, 2.05) is 0 Å². The lowest BCUT2D eigenvalue weighted by molar-refractivity contribution is 0.223. The standard InChI is InChI=1S/C4H7N3O/c1-7(3-2-5)4(6)8/h3H2,1H3,(H2,6,8). The molecule has 4 heteroatoms. The van der Waals surface area contributed by atoms with Crippen LogP contribution in [0, 0.1) is 11.3 Å². The number of nitriles is 1. The fraction of sp³-hybridized carbons (Fsp3) is 0.500.